The summed E-state index contributed by atoms with van der Waals surface area (Å²) in [6.45, 7) is 8.86. The van der Waals surface area contributed by atoms with E-state index in [1.54, 1.807) is 18.4 Å². The zero-order chi connectivity index (χ0) is 19.8. The Morgan fingerprint density at radius 3 is 2.64 bits per heavy atom. The van der Waals surface area contributed by atoms with Crippen LogP contribution in [0, 0.1) is 13.8 Å². The lowest BCUT2D eigenvalue weighted by atomic mass is 10.1. The summed E-state index contributed by atoms with van der Waals surface area (Å²) < 4.78 is 5.66. The summed E-state index contributed by atoms with van der Waals surface area (Å²) in [4.78, 5) is 16.7. The lowest BCUT2D eigenvalue weighted by Gasteiger charge is -2.34. The Hall–Kier alpha value is -2.01. The van der Waals surface area contributed by atoms with Crippen molar-refractivity contribution in [3.8, 4) is 0 Å². The van der Waals surface area contributed by atoms with Gasteiger partial charge in [-0.05, 0) is 43.2 Å². The molecule has 2 heterocycles. The minimum Gasteiger partial charge on any atom is -0.462 e. The molecule has 0 bridgehead atoms. The highest BCUT2D eigenvalue weighted by Gasteiger charge is 2.23. The highest BCUT2D eigenvalue weighted by atomic mass is 35.5. The number of rotatable bonds is 3. The smallest absolute Gasteiger partial charge is 0.201 e. The average molecular weight is 418 g/mol. The van der Waals surface area contributed by atoms with E-state index in [9.17, 15) is 4.79 Å². The van der Waals surface area contributed by atoms with Gasteiger partial charge in [-0.2, -0.15) is 0 Å². The van der Waals surface area contributed by atoms with Crippen molar-refractivity contribution in [1.29, 1.82) is 0 Å². The van der Waals surface area contributed by atoms with E-state index in [2.05, 4.69) is 36.9 Å². The Morgan fingerprint density at radius 2 is 1.89 bits per heavy atom. The van der Waals surface area contributed by atoms with Crippen molar-refractivity contribution < 1.29 is 9.32 Å². The third-order valence-electron chi connectivity index (χ3n) is 5.69. The third-order valence-corrected chi connectivity index (χ3v) is 6.19. The number of anilines is 1. The summed E-state index contributed by atoms with van der Waals surface area (Å²) in [6.07, 6.45) is 1.55. The molecule has 4 rings (SSSR count). The molecule has 0 unspecified atom stereocenters. The number of benzene rings is 2. The van der Waals surface area contributed by atoms with E-state index >= 15 is 0 Å². The first kappa shape index (κ1) is 19.3. The van der Waals surface area contributed by atoms with Crippen LogP contribution in [-0.4, -0.2) is 26.2 Å². The normalized spacial score (nSPS) is 15.4. The van der Waals surface area contributed by atoms with Gasteiger partial charge < -0.3 is 14.2 Å². The number of quaternary nitrogens is 1. The molecule has 4 nitrogen and oxygen atoms in total. The summed E-state index contributed by atoms with van der Waals surface area (Å²) >= 11 is 12.2. The van der Waals surface area contributed by atoms with E-state index in [-0.39, 0.29) is 5.43 Å². The summed E-state index contributed by atoms with van der Waals surface area (Å²) in [6, 6.07) is 9.68. The summed E-state index contributed by atoms with van der Waals surface area (Å²) in [5.41, 5.74) is 4.99. The molecule has 0 atom stereocenters. The lowest BCUT2D eigenvalue weighted by molar-refractivity contribution is -0.914. The van der Waals surface area contributed by atoms with Crippen molar-refractivity contribution >= 4 is 39.9 Å². The van der Waals surface area contributed by atoms with Crippen LogP contribution in [0.25, 0.3) is 11.0 Å². The molecule has 28 heavy (non-hydrogen) atoms. The number of nitrogens with one attached hydrogen (secondary N) is 1. The molecule has 0 amide bonds. The molecule has 0 saturated carbocycles. The Kier molecular flexibility index (Phi) is 5.37. The van der Waals surface area contributed by atoms with Gasteiger partial charge in [-0.25, -0.2) is 0 Å². The van der Waals surface area contributed by atoms with Gasteiger partial charge in [-0.15, -0.1) is 0 Å². The van der Waals surface area contributed by atoms with Crippen molar-refractivity contribution in [2.24, 2.45) is 0 Å². The maximum absolute atomic E-state index is 12.9. The van der Waals surface area contributed by atoms with Crippen LogP contribution < -0.4 is 15.2 Å². The number of halogens is 2. The van der Waals surface area contributed by atoms with Gasteiger partial charge in [0.25, 0.3) is 0 Å². The third kappa shape index (κ3) is 3.64. The van der Waals surface area contributed by atoms with Crippen molar-refractivity contribution in [2.45, 2.75) is 20.4 Å². The second kappa shape index (κ2) is 7.78. The number of hydrogen-bond donors (Lipinski definition) is 1. The molecule has 6 heteroatoms. The zero-order valence-electron chi connectivity index (χ0n) is 16.0. The molecule has 0 radical (unpaired) electrons. The first-order chi connectivity index (χ1) is 13.4. The highest BCUT2D eigenvalue weighted by Crippen LogP contribution is 2.26. The quantitative estimate of drug-likeness (QED) is 0.706. The van der Waals surface area contributed by atoms with Gasteiger partial charge in [0.05, 0.1) is 42.2 Å². The van der Waals surface area contributed by atoms with Gasteiger partial charge in [-0.3, -0.25) is 4.79 Å². The first-order valence-electron chi connectivity index (χ1n) is 9.48. The lowest BCUT2D eigenvalue weighted by Crippen LogP contribution is -3.13. The summed E-state index contributed by atoms with van der Waals surface area (Å²) in [5, 5.41) is 1.25. The fourth-order valence-electron chi connectivity index (χ4n) is 3.92. The van der Waals surface area contributed by atoms with Crippen LogP contribution in [0.5, 0.6) is 0 Å². The van der Waals surface area contributed by atoms with Crippen LogP contribution in [0.4, 0.5) is 5.69 Å². The predicted molar refractivity (Wildman–Crippen MR) is 115 cm³/mol. The molecule has 1 N–H and O–H groups in total. The minimum absolute atomic E-state index is 0.0462. The highest BCUT2D eigenvalue weighted by molar-refractivity contribution is 6.38. The maximum atomic E-state index is 12.9. The van der Waals surface area contributed by atoms with Crippen LogP contribution >= 0.6 is 23.2 Å². The van der Waals surface area contributed by atoms with Gasteiger partial charge in [-0.1, -0.05) is 35.3 Å². The topological polar surface area (TPSA) is 37.9 Å². The van der Waals surface area contributed by atoms with E-state index in [0.717, 1.165) is 26.2 Å². The number of aryl methyl sites for hydroxylation is 1. The van der Waals surface area contributed by atoms with Crippen LogP contribution in [0.15, 0.2) is 45.8 Å². The fraction of sp³-hybridized carbons (Fsp3) is 0.318. The Bertz CT molecular complexity index is 1090. The standard InChI is InChI=1S/C22H22Cl2N2O2/c1-14-4-3-5-20(15(14)2)26-8-6-25(7-9-26)12-16-13-28-22-18(21(16)27)10-17(23)11-19(22)24/h3-5,10-11,13H,6-9,12H2,1-2H3/p+1. The van der Waals surface area contributed by atoms with Crippen molar-refractivity contribution in [3.63, 3.8) is 0 Å². The average Bonchev–Trinajstić information content (AvgIpc) is 2.67. The van der Waals surface area contributed by atoms with Crippen molar-refractivity contribution in [2.75, 3.05) is 31.1 Å². The van der Waals surface area contributed by atoms with E-state index in [4.69, 9.17) is 27.6 Å². The zero-order valence-corrected chi connectivity index (χ0v) is 17.5. The largest absolute Gasteiger partial charge is 0.462 e. The molecule has 2 aromatic carbocycles. The van der Waals surface area contributed by atoms with Crippen LogP contribution in [0.3, 0.4) is 0 Å². The number of nitrogens with zero attached hydrogens (tertiary/aromatic N) is 1. The maximum Gasteiger partial charge on any atom is 0.201 e. The molecule has 1 aliphatic heterocycles. The number of hydrogen-bond acceptors (Lipinski definition) is 3. The van der Waals surface area contributed by atoms with E-state index in [1.165, 1.54) is 21.7 Å². The van der Waals surface area contributed by atoms with Crippen LogP contribution in [0.2, 0.25) is 10.0 Å². The van der Waals surface area contributed by atoms with E-state index in [1.807, 2.05) is 0 Å². The Morgan fingerprint density at radius 1 is 1.14 bits per heavy atom. The molecule has 1 saturated heterocycles. The fourth-order valence-corrected chi connectivity index (χ4v) is 4.45. The SMILES string of the molecule is Cc1cccc(N2CC[NH+](Cc3coc4c(Cl)cc(Cl)cc4c3=O)CC2)c1C. The van der Waals surface area contributed by atoms with Crippen LogP contribution in [-0.2, 0) is 6.54 Å². The monoisotopic (exact) mass is 417 g/mol. The van der Waals surface area contributed by atoms with E-state index in [0.29, 0.717) is 33.1 Å². The Balaban J connectivity index is 1.50. The number of fused-ring (bicyclic) bond motifs is 1. The molecular weight excluding hydrogens is 395 g/mol. The van der Waals surface area contributed by atoms with Crippen LogP contribution in [0.1, 0.15) is 16.7 Å². The Labute approximate surface area is 174 Å². The molecule has 0 aliphatic carbocycles. The van der Waals surface area contributed by atoms with Crippen molar-refractivity contribution in [1.82, 2.24) is 0 Å². The number of piperazine rings is 1. The molecule has 3 aromatic rings. The van der Waals surface area contributed by atoms with Gasteiger partial charge >= 0.3 is 0 Å². The molecule has 146 valence electrons. The van der Waals surface area contributed by atoms with Gasteiger partial charge in [0.2, 0.25) is 5.43 Å². The summed E-state index contributed by atoms with van der Waals surface area (Å²) in [5.74, 6) is 0. The predicted octanol–water partition coefficient (Wildman–Crippen LogP) is 3.62. The van der Waals surface area contributed by atoms with Gasteiger partial charge in [0.15, 0.2) is 5.58 Å². The molecule has 1 aliphatic rings. The first-order valence-corrected chi connectivity index (χ1v) is 10.2. The van der Waals surface area contributed by atoms with Gasteiger partial charge in [0.1, 0.15) is 12.8 Å². The second-order valence-corrected chi connectivity index (χ2v) is 8.33. The second-order valence-electron chi connectivity index (χ2n) is 7.49. The van der Waals surface area contributed by atoms with Gasteiger partial charge in [0, 0.05) is 10.7 Å². The molecule has 0 spiro atoms. The summed E-state index contributed by atoms with van der Waals surface area (Å²) in [7, 11) is 0. The molecular formula is C22H23Cl2N2O2+. The van der Waals surface area contributed by atoms with E-state index < -0.39 is 0 Å². The molecule has 1 aromatic heterocycles. The van der Waals surface area contributed by atoms with Crippen molar-refractivity contribution in [3.05, 3.63) is 73.6 Å². The molecule has 1 fully saturated rings. The minimum atomic E-state index is -0.0462.